The number of morpholine rings is 2. The lowest BCUT2D eigenvalue weighted by Gasteiger charge is -2.36. The van der Waals surface area contributed by atoms with E-state index < -0.39 is 6.10 Å². The first kappa shape index (κ1) is 17.8. The van der Waals surface area contributed by atoms with Gasteiger partial charge in [-0.15, -0.1) is 0 Å². The third-order valence-corrected chi connectivity index (χ3v) is 6.18. The summed E-state index contributed by atoms with van der Waals surface area (Å²) in [6.45, 7) is 4.06. The van der Waals surface area contributed by atoms with Crippen LogP contribution < -0.4 is 9.64 Å². The van der Waals surface area contributed by atoms with E-state index in [-0.39, 0.29) is 5.91 Å². The number of anilines is 1. The molecule has 0 saturated carbocycles. The molecule has 1 aromatic carbocycles. The summed E-state index contributed by atoms with van der Waals surface area (Å²) in [4.78, 5) is 21.3. The van der Waals surface area contributed by atoms with Crippen LogP contribution in [0, 0.1) is 0 Å². The summed E-state index contributed by atoms with van der Waals surface area (Å²) in [6.07, 6.45) is -0.480. The zero-order chi connectivity index (χ0) is 18.1. The second-order valence-corrected chi connectivity index (χ2v) is 7.55. The molecule has 1 unspecified atom stereocenters. The Morgan fingerprint density at radius 1 is 1.31 bits per heavy atom. The van der Waals surface area contributed by atoms with E-state index in [1.807, 2.05) is 17.0 Å². The fourth-order valence-electron chi connectivity index (χ4n) is 3.20. The number of carbonyl (C=O) groups is 1. The second kappa shape index (κ2) is 7.56. The monoisotopic (exact) mass is 397 g/mol. The van der Waals surface area contributed by atoms with Crippen LogP contribution in [0.5, 0.6) is 5.75 Å². The zero-order valence-electron chi connectivity index (χ0n) is 14.4. The standard InChI is InChI=1S/C17H20ClN3O4S/c1-23-12-3-2-11(18)15-14(12)19-17(26-15)21-6-9-25-13(10-21)16(22)20-4-7-24-8-5-20/h2-3,13H,4-10H2,1H3. The van der Waals surface area contributed by atoms with Gasteiger partial charge < -0.3 is 24.0 Å². The molecule has 0 aliphatic carbocycles. The summed E-state index contributed by atoms with van der Waals surface area (Å²) in [6, 6.07) is 3.63. The average molecular weight is 398 g/mol. The molecule has 0 bridgehead atoms. The molecule has 4 rings (SSSR count). The number of amides is 1. The normalized spacial score (nSPS) is 21.2. The molecule has 9 heteroatoms. The molecule has 1 aromatic heterocycles. The van der Waals surface area contributed by atoms with Gasteiger partial charge in [-0.2, -0.15) is 0 Å². The number of methoxy groups -OCH3 is 1. The molecule has 2 saturated heterocycles. The van der Waals surface area contributed by atoms with E-state index in [4.69, 9.17) is 30.8 Å². The minimum atomic E-state index is -0.480. The smallest absolute Gasteiger partial charge is 0.253 e. The van der Waals surface area contributed by atoms with Gasteiger partial charge >= 0.3 is 0 Å². The molecule has 0 N–H and O–H groups in total. The Labute approximate surface area is 160 Å². The molecule has 1 amide bonds. The van der Waals surface area contributed by atoms with Crippen LogP contribution >= 0.6 is 22.9 Å². The van der Waals surface area contributed by atoms with Gasteiger partial charge in [0.1, 0.15) is 11.3 Å². The molecule has 1 atom stereocenters. The van der Waals surface area contributed by atoms with Crippen LogP contribution in [0.2, 0.25) is 5.02 Å². The van der Waals surface area contributed by atoms with Crippen molar-refractivity contribution in [2.24, 2.45) is 0 Å². The van der Waals surface area contributed by atoms with Crippen molar-refractivity contribution in [3.8, 4) is 5.75 Å². The van der Waals surface area contributed by atoms with Crippen molar-refractivity contribution in [1.82, 2.24) is 9.88 Å². The minimum Gasteiger partial charge on any atom is -0.494 e. The molecular formula is C17H20ClN3O4S. The number of rotatable bonds is 3. The Morgan fingerprint density at radius 2 is 2.12 bits per heavy atom. The summed E-state index contributed by atoms with van der Waals surface area (Å²) in [7, 11) is 1.62. The Hall–Kier alpha value is -1.61. The van der Waals surface area contributed by atoms with Crippen LogP contribution in [0.25, 0.3) is 10.2 Å². The predicted octanol–water partition coefficient (Wildman–Crippen LogP) is 2.02. The highest BCUT2D eigenvalue weighted by atomic mass is 35.5. The molecule has 140 valence electrons. The average Bonchev–Trinajstić information content (AvgIpc) is 3.15. The van der Waals surface area contributed by atoms with Crippen molar-refractivity contribution < 1.29 is 19.0 Å². The van der Waals surface area contributed by atoms with Gasteiger partial charge in [-0.25, -0.2) is 4.98 Å². The molecular weight excluding hydrogens is 378 g/mol. The first-order valence-corrected chi connectivity index (χ1v) is 9.73. The maximum atomic E-state index is 12.7. The Bertz CT molecular complexity index is 809. The van der Waals surface area contributed by atoms with Gasteiger partial charge in [0.05, 0.1) is 43.2 Å². The summed E-state index contributed by atoms with van der Waals surface area (Å²) in [5.41, 5.74) is 0.752. The Morgan fingerprint density at radius 3 is 2.88 bits per heavy atom. The van der Waals surface area contributed by atoms with E-state index in [1.165, 1.54) is 11.3 Å². The van der Waals surface area contributed by atoms with Gasteiger partial charge in [0.2, 0.25) is 0 Å². The maximum Gasteiger partial charge on any atom is 0.253 e. The Balaban J connectivity index is 1.55. The van der Waals surface area contributed by atoms with Crippen molar-refractivity contribution in [2.75, 3.05) is 58.0 Å². The molecule has 3 heterocycles. The van der Waals surface area contributed by atoms with Gasteiger partial charge in [0.15, 0.2) is 11.2 Å². The van der Waals surface area contributed by atoms with Gasteiger partial charge in [0.25, 0.3) is 5.91 Å². The molecule has 0 radical (unpaired) electrons. The minimum absolute atomic E-state index is 0.0229. The van der Waals surface area contributed by atoms with Crippen molar-refractivity contribution in [3.63, 3.8) is 0 Å². The van der Waals surface area contributed by atoms with E-state index in [9.17, 15) is 4.79 Å². The number of hydrogen-bond donors (Lipinski definition) is 0. The largest absolute Gasteiger partial charge is 0.494 e. The van der Waals surface area contributed by atoms with Gasteiger partial charge in [-0.3, -0.25) is 4.79 Å². The lowest BCUT2D eigenvalue weighted by Crippen LogP contribution is -2.53. The number of thiazole rings is 1. The summed E-state index contributed by atoms with van der Waals surface area (Å²) in [5, 5.41) is 1.48. The topological polar surface area (TPSA) is 64.1 Å². The first-order valence-electron chi connectivity index (χ1n) is 8.53. The quantitative estimate of drug-likeness (QED) is 0.789. The third-order valence-electron chi connectivity index (χ3n) is 4.60. The molecule has 2 fully saturated rings. The highest BCUT2D eigenvalue weighted by molar-refractivity contribution is 7.22. The summed E-state index contributed by atoms with van der Waals surface area (Å²) >= 11 is 7.83. The summed E-state index contributed by atoms with van der Waals surface area (Å²) in [5.74, 6) is 0.718. The number of carbonyl (C=O) groups excluding carboxylic acids is 1. The molecule has 7 nitrogen and oxygen atoms in total. The van der Waals surface area contributed by atoms with Gasteiger partial charge in [-0.1, -0.05) is 22.9 Å². The molecule has 2 aromatic rings. The molecule has 2 aliphatic rings. The van der Waals surface area contributed by atoms with E-state index >= 15 is 0 Å². The van der Waals surface area contributed by atoms with Crippen molar-refractivity contribution in [2.45, 2.75) is 6.10 Å². The van der Waals surface area contributed by atoms with E-state index in [0.29, 0.717) is 56.8 Å². The van der Waals surface area contributed by atoms with Crippen LogP contribution in [0.1, 0.15) is 0 Å². The third kappa shape index (κ3) is 3.34. The lowest BCUT2D eigenvalue weighted by molar-refractivity contribution is -0.148. The highest BCUT2D eigenvalue weighted by Crippen LogP contribution is 2.39. The molecule has 26 heavy (non-hydrogen) atoms. The van der Waals surface area contributed by atoms with E-state index in [0.717, 1.165) is 15.3 Å². The molecule has 0 spiro atoms. The van der Waals surface area contributed by atoms with Gasteiger partial charge in [-0.05, 0) is 12.1 Å². The van der Waals surface area contributed by atoms with Crippen LogP contribution in [-0.4, -0.2) is 75.0 Å². The van der Waals surface area contributed by atoms with Crippen LogP contribution in [0.4, 0.5) is 5.13 Å². The van der Waals surface area contributed by atoms with E-state index in [2.05, 4.69) is 4.90 Å². The number of fused-ring (bicyclic) bond motifs is 1. The summed E-state index contributed by atoms with van der Waals surface area (Å²) < 4.78 is 17.3. The van der Waals surface area contributed by atoms with Crippen LogP contribution in [-0.2, 0) is 14.3 Å². The van der Waals surface area contributed by atoms with Crippen LogP contribution in [0.15, 0.2) is 12.1 Å². The molecule has 2 aliphatic heterocycles. The fraction of sp³-hybridized carbons (Fsp3) is 0.529. The number of hydrogen-bond acceptors (Lipinski definition) is 7. The van der Waals surface area contributed by atoms with Crippen molar-refractivity contribution in [3.05, 3.63) is 17.2 Å². The highest BCUT2D eigenvalue weighted by Gasteiger charge is 2.32. The first-order chi connectivity index (χ1) is 12.7. The predicted molar refractivity (Wildman–Crippen MR) is 101 cm³/mol. The van der Waals surface area contributed by atoms with E-state index in [1.54, 1.807) is 7.11 Å². The van der Waals surface area contributed by atoms with Crippen molar-refractivity contribution in [1.29, 1.82) is 0 Å². The maximum absolute atomic E-state index is 12.7. The second-order valence-electron chi connectivity index (χ2n) is 6.17. The lowest BCUT2D eigenvalue weighted by atomic mass is 10.2. The number of aromatic nitrogens is 1. The SMILES string of the molecule is COc1ccc(Cl)c2sc(N3CCOC(C(=O)N4CCOCC4)C3)nc12. The Kier molecular flexibility index (Phi) is 5.17. The number of ether oxygens (including phenoxy) is 3. The number of nitrogens with zero attached hydrogens (tertiary/aromatic N) is 3. The fourth-order valence-corrected chi connectivity index (χ4v) is 4.49. The van der Waals surface area contributed by atoms with Gasteiger partial charge in [0, 0.05) is 19.6 Å². The number of halogens is 1. The number of benzene rings is 1. The zero-order valence-corrected chi connectivity index (χ0v) is 16.0. The van der Waals surface area contributed by atoms with Crippen molar-refractivity contribution >= 4 is 44.2 Å². The van der Waals surface area contributed by atoms with Crippen LogP contribution in [0.3, 0.4) is 0 Å².